The summed E-state index contributed by atoms with van der Waals surface area (Å²) in [5.74, 6) is 2.40. The van der Waals surface area contributed by atoms with E-state index in [2.05, 4.69) is 20.0 Å². The van der Waals surface area contributed by atoms with E-state index < -0.39 is 10.0 Å². The Labute approximate surface area is 177 Å². The molecule has 0 fully saturated rings. The zero-order chi connectivity index (χ0) is 21.9. The first-order chi connectivity index (χ1) is 14.2. The first-order valence-electron chi connectivity index (χ1n) is 9.25. The number of aryl methyl sites for hydroxylation is 2. The number of rotatable bonds is 7. The van der Waals surface area contributed by atoms with Gasteiger partial charge in [0.25, 0.3) is 10.0 Å². The molecule has 158 valence electrons. The predicted molar refractivity (Wildman–Crippen MR) is 119 cm³/mol. The number of hydrogen-bond acceptors (Lipinski definition) is 7. The normalized spacial score (nSPS) is 11.1. The molecular weight excluding hydrogens is 402 g/mol. The van der Waals surface area contributed by atoms with Crippen LogP contribution in [0.3, 0.4) is 0 Å². The first-order valence-corrected chi connectivity index (χ1v) is 10.7. The van der Waals surface area contributed by atoms with Crippen LogP contribution in [-0.4, -0.2) is 39.6 Å². The number of nitrogens with one attached hydrogen (secondary N) is 2. The fourth-order valence-electron chi connectivity index (χ4n) is 2.82. The second kappa shape index (κ2) is 8.58. The molecule has 8 nitrogen and oxygen atoms in total. The van der Waals surface area contributed by atoms with Crippen LogP contribution in [-0.2, 0) is 10.0 Å². The van der Waals surface area contributed by atoms with E-state index >= 15 is 0 Å². The number of methoxy groups -OCH3 is 1. The molecule has 9 heteroatoms. The molecule has 3 rings (SSSR count). The number of benzene rings is 2. The summed E-state index contributed by atoms with van der Waals surface area (Å²) in [6.07, 6.45) is 0. The Morgan fingerprint density at radius 3 is 2.23 bits per heavy atom. The Kier molecular flexibility index (Phi) is 6.12. The molecule has 2 N–H and O–H groups in total. The molecule has 0 atom stereocenters. The molecule has 0 amide bonds. The minimum Gasteiger partial charge on any atom is -0.495 e. The van der Waals surface area contributed by atoms with E-state index in [1.54, 1.807) is 42.5 Å². The maximum atomic E-state index is 12.8. The van der Waals surface area contributed by atoms with E-state index in [9.17, 15) is 8.42 Å². The predicted octanol–water partition coefficient (Wildman–Crippen LogP) is 3.71. The van der Waals surface area contributed by atoms with E-state index in [1.165, 1.54) is 7.11 Å². The number of ether oxygens (including phenoxy) is 1. The van der Waals surface area contributed by atoms with Crippen LogP contribution in [0.15, 0.2) is 53.4 Å². The van der Waals surface area contributed by atoms with Gasteiger partial charge in [0.1, 0.15) is 28.1 Å². The van der Waals surface area contributed by atoms with E-state index in [4.69, 9.17) is 4.74 Å². The summed E-state index contributed by atoms with van der Waals surface area (Å²) < 4.78 is 33.4. The average Bonchev–Trinajstić information content (AvgIpc) is 2.69. The third-order valence-corrected chi connectivity index (χ3v) is 5.70. The van der Waals surface area contributed by atoms with Crippen molar-refractivity contribution in [3.05, 3.63) is 59.9 Å². The van der Waals surface area contributed by atoms with Gasteiger partial charge in [-0.1, -0.05) is 6.07 Å². The summed E-state index contributed by atoms with van der Waals surface area (Å²) in [6, 6.07) is 13.8. The lowest BCUT2D eigenvalue weighted by Crippen LogP contribution is -2.14. The molecule has 2 aromatic carbocycles. The van der Waals surface area contributed by atoms with E-state index in [1.807, 2.05) is 38.9 Å². The number of nitrogens with zero attached hydrogens (tertiary/aromatic N) is 3. The zero-order valence-corrected chi connectivity index (χ0v) is 18.4. The molecule has 0 saturated carbocycles. The Hall–Kier alpha value is -3.33. The van der Waals surface area contributed by atoms with Crippen molar-refractivity contribution in [2.75, 3.05) is 36.1 Å². The zero-order valence-electron chi connectivity index (χ0n) is 17.6. The maximum Gasteiger partial charge on any atom is 0.265 e. The summed E-state index contributed by atoms with van der Waals surface area (Å²) in [6.45, 7) is 3.66. The van der Waals surface area contributed by atoms with Crippen molar-refractivity contribution in [3.63, 3.8) is 0 Å². The molecule has 0 radical (unpaired) electrons. The van der Waals surface area contributed by atoms with Crippen molar-refractivity contribution in [3.8, 4) is 5.75 Å². The molecular formula is C21H25N5O3S. The van der Waals surface area contributed by atoms with Crippen molar-refractivity contribution < 1.29 is 13.2 Å². The molecule has 1 heterocycles. The van der Waals surface area contributed by atoms with Gasteiger partial charge < -0.3 is 15.0 Å². The van der Waals surface area contributed by atoms with Crippen molar-refractivity contribution >= 4 is 33.0 Å². The van der Waals surface area contributed by atoms with Gasteiger partial charge in [0.2, 0.25) is 0 Å². The first kappa shape index (κ1) is 21.4. The van der Waals surface area contributed by atoms with Crippen LogP contribution in [0.2, 0.25) is 0 Å². The van der Waals surface area contributed by atoms with Gasteiger partial charge in [-0.2, -0.15) is 0 Å². The van der Waals surface area contributed by atoms with Crippen LogP contribution in [0.4, 0.5) is 23.0 Å². The van der Waals surface area contributed by atoms with Gasteiger partial charge in [-0.05, 0) is 55.8 Å². The van der Waals surface area contributed by atoms with E-state index in [0.29, 0.717) is 23.1 Å². The third kappa shape index (κ3) is 4.98. The number of sulfonamides is 1. The van der Waals surface area contributed by atoms with Crippen molar-refractivity contribution in [1.29, 1.82) is 0 Å². The smallest absolute Gasteiger partial charge is 0.265 e. The summed E-state index contributed by atoms with van der Waals surface area (Å²) in [5, 5.41) is 3.21. The number of aromatic nitrogens is 2. The lowest BCUT2D eigenvalue weighted by Gasteiger charge is -2.14. The third-order valence-electron chi connectivity index (χ3n) is 4.30. The fraction of sp³-hybridized carbons (Fsp3) is 0.238. The lowest BCUT2D eigenvalue weighted by molar-refractivity contribution is 0.402. The number of hydrogen-bond donors (Lipinski definition) is 2. The minimum absolute atomic E-state index is 0.0971. The Balaban J connectivity index is 1.79. The molecule has 0 aliphatic heterocycles. The monoisotopic (exact) mass is 427 g/mol. The standard InChI is InChI=1S/C21H25N5O3S/c1-14-6-11-18(29-5)19(12-14)30(27,28)25-17-9-7-16(8-10-17)24-20-13-21(26(3)4)23-15(2)22-20/h6-13,25H,1-5H3,(H,22,23,24). The molecule has 0 aliphatic rings. The lowest BCUT2D eigenvalue weighted by atomic mass is 10.2. The second-order valence-corrected chi connectivity index (χ2v) is 8.67. The van der Waals surface area contributed by atoms with Crippen molar-refractivity contribution in [2.45, 2.75) is 18.7 Å². The van der Waals surface area contributed by atoms with Crippen LogP contribution < -0.4 is 19.7 Å². The summed E-state index contributed by atoms with van der Waals surface area (Å²) >= 11 is 0. The van der Waals surface area contributed by atoms with Gasteiger partial charge >= 0.3 is 0 Å². The SMILES string of the molecule is COc1ccc(C)cc1S(=O)(=O)Nc1ccc(Nc2cc(N(C)C)nc(C)n2)cc1. The van der Waals surface area contributed by atoms with Gasteiger partial charge in [0.05, 0.1) is 7.11 Å². The second-order valence-electron chi connectivity index (χ2n) is 7.02. The molecule has 3 aromatic rings. The Bertz CT molecular complexity index is 1150. The van der Waals surface area contributed by atoms with Crippen molar-refractivity contribution in [1.82, 2.24) is 9.97 Å². The van der Waals surface area contributed by atoms with Gasteiger partial charge in [0, 0.05) is 31.5 Å². The molecule has 0 aliphatic carbocycles. The van der Waals surface area contributed by atoms with Crippen LogP contribution in [0, 0.1) is 13.8 Å². The highest BCUT2D eigenvalue weighted by molar-refractivity contribution is 7.92. The topological polar surface area (TPSA) is 96.5 Å². The summed E-state index contributed by atoms with van der Waals surface area (Å²) in [5.41, 5.74) is 2.04. The summed E-state index contributed by atoms with van der Waals surface area (Å²) in [7, 11) is 1.48. The molecule has 1 aromatic heterocycles. The Morgan fingerprint density at radius 1 is 0.933 bits per heavy atom. The molecule has 0 unspecified atom stereocenters. The molecule has 0 bridgehead atoms. The highest BCUT2D eigenvalue weighted by Crippen LogP contribution is 2.27. The quantitative estimate of drug-likeness (QED) is 0.593. The Morgan fingerprint density at radius 2 is 1.60 bits per heavy atom. The van der Waals surface area contributed by atoms with Crippen LogP contribution in [0.1, 0.15) is 11.4 Å². The van der Waals surface area contributed by atoms with Crippen LogP contribution in [0.5, 0.6) is 5.75 Å². The van der Waals surface area contributed by atoms with Crippen molar-refractivity contribution in [2.24, 2.45) is 0 Å². The summed E-state index contributed by atoms with van der Waals surface area (Å²) in [4.78, 5) is 10.7. The van der Waals surface area contributed by atoms with Crippen LogP contribution in [0.25, 0.3) is 0 Å². The average molecular weight is 428 g/mol. The van der Waals surface area contributed by atoms with Gasteiger partial charge in [0.15, 0.2) is 0 Å². The maximum absolute atomic E-state index is 12.8. The van der Waals surface area contributed by atoms with E-state index in [-0.39, 0.29) is 4.90 Å². The fourth-order valence-corrected chi connectivity index (χ4v) is 4.13. The minimum atomic E-state index is -3.79. The molecule has 30 heavy (non-hydrogen) atoms. The molecule has 0 spiro atoms. The van der Waals surface area contributed by atoms with Gasteiger partial charge in [-0.25, -0.2) is 18.4 Å². The van der Waals surface area contributed by atoms with Gasteiger partial charge in [-0.15, -0.1) is 0 Å². The highest BCUT2D eigenvalue weighted by Gasteiger charge is 2.20. The van der Waals surface area contributed by atoms with Gasteiger partial charge in [-0.3, -0.25) is 4.72 Å². The molecule has 0 saturated heterocycles. The van der Waals surface area contributed by atoms with Crippen LogP contribution >= 0.6 is 0 Å². The number of anilines is 4. The van der Waals surface area contributed by atoms with E-state index in [0.717, 1.165) is 17.1 Å². The largest absolute Gasteiger partial charge is 0.495 e. The highest BCUT2D eigenvalue weighted by atomic mass is 32.2.